The van der Waals surface area contributed by atoms with Gasteiger partial charge in [0.1, 0.15) is 5.82 Å². The first-order chi connectivity index (χ1) is 12.1. The summed E-state index contributed by atoms with van der Waals surface area (Å²) in [6.45, 7) is 0.0613. The number of amides is 3. The molecule has 2 aliphatic rings. The molecular formula is C17H14N4O4. The summed E-state index contributed by atoms with van der Waals surface area (Å²) in [7, 11) is 0. The molecule has 0 atom stereocenters. The summed E-state index contributed by atoms with van der Waals surface area (Å²) in [6, 6.07) is 9.88. The van der Waals surface area contributed by atoms with Crippen LogP contribution in [0.1, 0.15) is 20.7 Å². The fraction of sp³-hybridized carbons (Fsp3) is 0.176. The fourth-order valence-electron chi connectivity index (χ4n) is 2.96. The number of carbonyl (C=O) groups is 3. The molecule has 2 aromatic rings. The van der Waals surface area contributed by atoms with Crippen molar-refractivity contribution in [2.24, 2.45) is 0 Å². The Morgan fingerprint density at radius 3 is 2.28 bits per heavy atom. The number of nitrogens with zero attached hydrogens (tertiary/aromatic N) is 3. The molecule has 1 aromatic heterocycles. The number of fused-ring (bicyclic) bond motifs is 2. The fourth-order valence-corrected chi connectivity index (χ4v) is 2.96. The van der Waals surface area contributed by atoms with E-state index in [1.807, 2.05) is 0 Å². The van der Waals surface area contributed by atoms with Crippen molar-refractivity contribution in [3.8, 4) is 5.75 Å². The van der Waals surface area contributed by atoms with Gasteiger partial charge in [-0.25, -0.2) is 4.98 Å². The molecule has 0 fully saturated rings. The van der Waals surface area contributed by atoms with Crippen molar-refractivity contribution < 1.29 is 19.1 Å². The van der Waals surface area contributed by atoms with Crippen molar-refractivity contribution >= 4 is 29.4 Å². The zero-order valence-electron chi connectivity index (χ0n) is 13.1. The Kier molecular flexibility index (Phi) is 3.38. The van der Waals surface area contributed by atoms with Gasteiger partial charge in [0.05, 0.1) is 11.1 Å². The highest BCUT2D eigenvalue weighted by molar-refractivity contribution is 6.21. The Morgan fingerprint density at radius 1 is 0.960 bits per heavy atom. The van der Waals surface area contributed by atoms with Gasteiger partial charge >= 0.3 is 0 Å². The minimum Gasteiger partial charge on any atom is -0.480 e. The van der Waals surface area contributed by atoms with E-state index in [-0.39, 0.29) is 43.2 Å². The zero-order chi connectivity index (χ0) is 17.6. The number of nitrogen functional groups attached to an aromatic ring is 1. The number of anilines is 2. The van der Waals surface area contributed by atoms with E-state index in [2.05, 4.69) is 4.98 Å². The summed E-state index contributed by atoms with van der Waals surface area (Å²) in [4.78, 5) is 43.7. The van der Waals surface area contributed by atoms with E-state index in [9.17, 15) is 14.4 Å². The van der Waals surface area contributed by atoms with E-state index in [4.69, 9.17) is 10.5 Å². The molecule has 2 N–H and O–H groups in total. The molecule has 25 heavy (non-hydrogen) atoms. The Morgan fingerprint density at radius 2 is 1.60 bits per heavy atom. The number of aromatic nitrogens is 1. The third-order valence-electron chi connectivity index (χ3n) is 4.19. The molecular weight excluding hydrogens is 324 g/mol. The van der Waals surface area contributed by atoms with E-state index in [1.54, 1.807) is 36.4 Å². The number of imide groups is 1. The average molecular weight is 338 g/mol. The molecule has 0 radical (unpaired) electrons. The van der Waals surface area contributed by atoms with Crippen LogP contribution < -0.4 is 15.4 Å². The van der Waals surface area contributed by atoms with Gasteiger partial charge in [-0.05, 0) is 24.3 Å². The molecule has 0 bridgehead atoms. The lowest BCUT2D eigenvalue weighted by atomic mass is 10.1. The molecule has 0 aliphatic carbocycles. The van der Waals surface area contributed by atoms with Gasteiger partial charge in [-0.2, -0.15) is 0 Å². The second kappa shape index (κ2) is 5.59. The number of benzene rings is 1. The molecule has 3 heterocycles. The average Bonchev–Trinajstić information content (AvgIpc) is 2.86. The van der Waals surface area contributed by atoms with Crippen LogP contribution in [0.2, 0.25) is 0 Å². The Labute approximate surface area is 142 Å². The normalized spacial score (nSPS) is 15.9. The third-order valence-corrected chi connectivity index (χ3v) is 4.19. The van der Waals surface area contributed by atoms with E-state index in [0.29, 0.717) is 22.7 Å². The highest BCUT2D eigenvalue weighted by Crippen LogP contribution is 2.31. The van der Waals surface area contributed by atoms with Gasteiger partial charge in [0, 0.05) is 13.1 Å². The number of hydrogen-bond acceptors (Lipinski definition) is 6. The number of carbonyl (C=O) groups excluding carboxylic acids is 3. The minimum absolute atomic E-state index is 0.0635. The van der Waals surface area contributed by atoms with Crippen molar-refractivity contribution in [1.82, 2.24) is 9.88 Å². The number of rotatable bonds is 3. The van der Waals surface area contributed by atoms with Gasteiger partial charge in [0.2, 0.25) is 0 Å². The molecule has 3 amide bonds. The molecule has 126 valence electrons. The van der Waals surface area contributed by atoms with Crippen LogP contribution in [-0.2, 0) is 4.79 Å². The highest BCUT2D eigenvalue weighted by atomic mass is 16.5. The van der Waals surface area contributed by atoms with Crippen molar-refractivity contribution in [3.63, 3.8) is 0 Å². The Hall–Kier alpha value is -3.42. The highest BCUT2D eigenvalue weighted by Gasteiger charge is 2.36. The first-order valence-corrected chi connectivity index (χ1v) is 7.71. The Bertz CT molecular complexity index is 876. The molecule has 4 rings (SSSR count). The van der Waals surface area contributed by atoms with E-state index in [1.165, 1.54) is 4.90 Å². The predicted molar refractivity (Wildman–Crippen MR) is 88.3 cm³/mol. The van der Waals surface area contributed by atoms with Crippen LogP contribution in [0.5, 0.6) is 5.75 Å². The lowest BCUT2D eigenvalue weighted by molar-refractivity contribution is -0.121. The Balaban J connectivity index is 1.57. The summed E-state index contributed by atoms with van der Waals surface area (Å²) in [5.74, 6) is -0.0295. The summed E-state index contributed by atoms with van der Waals surface area (Å²) in [5.41, 5.74) is 6.44. The van der Waals surface area contributed by atoms with Crippen LogP contribution in [0.3, 0.4) is 0 Å². The molecule has 1 aromatic carbocycles. The van der Waals surface area contributed by atoms with Gasteiger partial charge in [-0.1, -0.05) is 12.1 Å². The van der Waals surface area contributed by atoms with Crippen molar-refractivity contribution in [1.29, 1.82) is 0 Å². The van der Waals surface area contributed by atoms with Crippen LogP contribution in [0.15, 0.2) is 36.4 Å². The third kappa shape index (κ3) is 2.38. The second-order valence-electron chi connectivity index (χ2n) is 5.70. The molecule has 0 saturated heterocycles. The molecule has 0 unspecified atom stereocenters. The topological polar surface area (TPSA) is 106 Å². The first kappa shape index (κ1) is 15.1. The maximum absolute atomic E-state index is 12.4. The van der Waals surface area contributed by atoms with E-state index < -0.39 is 0 Å². The van der Waals surface area contributed by atoms with Crippen molar-refractivity contribution in [2.75, 3.05) is 30.3 Å². The summed E-state index contributed by atoms with van der Waals surface area (Å²) in [5, 5.41) is 0. The largest absolute Gasteiger partial charge is 0.480 e. The maximum Gasteiger partial charge on any atom is 0.266 e. The smallest absolute Gasteiger partial charge is 0.266 e. The minimum atomic E-state index is -0.359. The van der Waals surface area contributed by atoms with Crippen molar-refractivity contribution in [3.05, 3.63) is 47.5 Å². The monoisotopic (exact) mass is 338 g/mol. The first-order valence-electron chi connectivity index (χ1n) is 7.71. The van der Waals surface area contributed by atoms with Gasteiger partial charge in [0.15, 0.2) is 18.2 Å². The van der Waals surface area contributed by atoms with Crippen LogP contribution in [0, 0.1) is 0 Å². The number of hydrogen-bond donors (Lipinski definition) is 1. The SMILES string of the molecule is Nc1ccc2c(n1)N(CCN1C(=O)c3ccccc3C1=O)C(=O)CO2. The van der Waals surface area contributed by atoms with E-state index >= 15 is 0 Å². The summed E-state index contributed by atoms with van der Waals surface area (Å²) < 4.78 is 5.33. The number of nitrogens with two attached hydrogens (primary N) is 1. The lowest BCUT2D eigenvalue weighted by Gasteiger charge is -2.29. The quantitative estimate of drug-likeness (QED) is 0.825. The van der Waals surface area contributed by atoms with Gasteiger partial charge < -0.3 is 10.5 Å². The van der Waals surface area contributed by atoms with Crippen LogP contribution in [0.4, 0.5) is 11.6 Å². The molecule has 0 saturated carbocycles. The maximum atomic E-state index is 12.4. The number of pyridine rings is 1. The van der Waals surface area contributed by atoms with Crippen LogP contribution >= 0.6 is 0 Å². The van der Waals surface area contributed by atoms with Gasteiger partial charge in [-0.3, -0.25) is 24.2 Å². The molecule has 0 spiro atoms. The predicted octanol–water partition coefficient (Wildman–Crippen LogP) is 0.685. The van der Waals surface area contributed by atoms with Crippen LogP contribution in [0.25, 0.3) is 0 Å². The summed E-state index contributed by atoms with van der Waals surface area (Å²) >= 11 is 0. The summed E-state index contributed by atoms with van der Waals surface area (Å²) in [6.07, 6.45) is 0. The molecule has 2 aliphatic heterocycles. The molecule has 8 heteroatoms. The lowest BCUT2D eigenvalue weighted by Crippen LogP contribution is -2.45. The number of ether oxygens (including phenoxy) is 1. The molecule has 8 nitrogen and oxygen atoms in total. The van der Waals surface area contributed by atoms with Gasteiger partial charge in [0.25, 0.3) is 17.7 Å². The zero-order valence-corrected chi connectivity index (χ0v) is 13.1. The standard InChI is InChI=1S/C17H14N4O4/c18-13-6-5-12-15(19-13)20(14(22)9-25-12)7-8-21-16(23)10-3-1-2-4-11(10)17(21)24/h1-6H,7-9H2,(H2,18,19). The van der Waals surface area contributed by atoms with Gasteiger partial charge in [-0.15, -0.1) is 0 Å². The van der Waals surface area contributed by atoms with Crippen LogP contribution in [-0.4, -0.2) is 47.3 Å². The van der Waals surface area contributed by atoms with E-state index in [0.717, 1.165) is 4.90 Å². The second-order valence-corrected chi connectivity index (χ2v) is 5.70. The van der Waals surface area contributed by atoms with Crippen molar-refractivity contribution in [2.45, 2.75) is 0 Å².